The van der Waals surface area contributed by atoms with Crippen LogP contribution in [0.2, 0.25) is 0 Å². The molecule has 1 aromatic rings. The van der Waals surface area contributed by atoms with E-state index >= 15 is 0 Å². The Hall–Kier alpha value is -1.54. The molecule has 2 N–H and O–H groups in total. The molecule has 0 aromatic heterocycles. The van der Waals surface area contributed by atoms with Crippen LogP contribution in [0.4, 0.5) is 5.69 Å². The largest absolute Gasteiger partial charge is 0.397 e. The van der Waals surface area contributed by atoms with Crippen LogP contribution in [-0.4, -0.2) is 14.2 Å². The number of nitriles is 1. The zero-order chi connectivity index (χ0) is 12.9. The van der Waals surface area contributed by atoms with Crippen LogP contribution in [0.1, 0.15) is 24.8 Å². The summed E-state index contributed by atoms with van der Waals surface area (Å²) in [7, 11) is -3.33. The van der Waals surface area contributed by atoms with Gasteiger partial charge in [0.1, 0.15) is 0 Å². The fourth-order valence-electron chi connectivity index (χ4n) is 1.53. The summed E-state index contributed by atoms with van der Waals surface area (Å²) < 4.78 is 24.0. The number of aryl methyl sites for hydroxylation is 1. The Kier molecular flexibility index (Phi) is 4.53. The van der Waals surface area contributed by atoms with E-state index in [0.29, 0.717) is 24.9 Å². The quantitative estimate of drug-likeness (QED) is 0.642. The van der Waals surface area contributed by atoms with Crippen molar-refractivity contribution in [1.82, 2.24) is 0 Å². The Morgan fingerprint density at radius 3 is 2.71 bits per heavy atom. The van der Waals surface area contributed by atoms with E-state index in [1.54, 1.807) is 19.1 Å². The summed E-state index contributed by atoms with van der Waals surface area (Å²) in [6, 6.07) is 6.99. The predicted molar refractivity (Wildman–Crippen MR) is 67.1 cm³/mol. The summed E-state index contributed by atoms with van der Waals surface area (Å²) in [6.45, 7) is 1.78. The molecule has 0 spiro atoms. The van der Waals surface area contributed by atoms with Crippen molar-refractivity contribution >= 4 is 15.5 Å². The van der Waals surface area contributed by atoms with E-state index in [-0.39, 0.29) is 10.6 Å². The number of para-hydroxylation sites is 1. The maximum absolute atomic E-state index is 12.0. The summed E-state index contributed by atoms with van der Waals surface area (Å²) in [4.78, 5) is 0.203. The molecule has 0 radical (unpaired) electrons. The zero-order valence-electron chi connectivity index (χ0n) is 9.81. The number of benzene rings is 1. The zero-order valence-corrected chi connectivity index (χ0v) is 10.6. The van der Waals surface area contributed by atoms with Crippen molar-refractivity contribution in [3.63, 3.8) is 0 Å². The molecule has 0 amide bonds. The summed E-state index contributed by atoms with van der Waals surface area (Å²) >= 11 is 0. The van der Waals surface area contributed by atoms with E-state index in [9.17, 15) is 8.42 Å². The number of rotatable bonds is 5. The molecule has 4 nitrogen and oxygen atoms in total. The highest BCUT2D eigenvalue weighted by Crippen LogP contribution is 2.23. The van der Waals surface area contributed by atoms with Gasteiger partial charge in [-0.05, 0) is 31.4 Å². The van der Waals surface area contributed by atoms with Crippen LogP contribution < -0.4 is 5.73 Å². The van der Waals surface area contributed by atoms with E-state index < -0.39 is 9.84 Å². The maximum Gasteiger partial charge on any atom is 0.180 e. The van der Waals surface area contributed by atoms with Gasteiger partial charge in [0.15, 0.2) is 9.84 Å². The normalized spacial score (nSPS) is 11.1. The van der Waals surface area contributed by atoms with Gasteiger partial charge in [-0.3, -0.25) is 0 Å². The first kappa shape index (κ1) is 13.5. The maximum atomic E-state index is 12.0. The molecule has 5 heteroatoms. The van der Waals surface area contributed by atoms with Gasteiger partial charge in [0.05, 0.1) is 22.4 Å². The average Bonchev–Trinajstić information content (AvgIpc) is 2.28. The topological polar surface area (TPSA) is 84.0 Å². The van der Waals surface area contributed by atoms with Gasteiger partial charge in [-0.25, -0.2) is 8.42 Å². The number of nitrogens with zero attached hydrogens (tertiary/aromatic N) is 1. The lowest BCUT2D eigenvalue weighted by Gasteiger charge is -2.08. The van der Waals surface area contributed by atoms with Crippen molar-refractivity contribution in [2.75, 3.05) is 11.5 Å². The van der Waals surface area contributed by atoms with E-state index in [2.05, 4.69) is 0 Å². The molecule has 0 bridgehead atoms. The van der Waals surface area contributed by atoms with Gasteiger partial charge in [0.25, 0.3) is 0 Å². The van der Waals surface area contributed by atoms with Gasteiger partial charge in [0.2, 0.25) is 0 Å². The van der Waals surface area contributed by atoms with Crippen molar-refractivity contribution in [3.05, 3.63) is 23.8 Å². The molecule has 0 saturated heterocycles. The molecule has 0 aliphatic heterocycles. The van der Waals surface area contributed by atoms with Crippen LogP contribution in [0.15, 0.2) is 23.1 Å². The lowest BCUT2D eigenvalue weighted by molar-refractivity contribution is 0.592. The molecule has 0 heterocycles. The first-order valence-corrected chi connectivity index (χ1v) is 7.09. The molecule has 0 aliphatic carbocycles. The Balaban J connectivity index is 2.84. The molecule has 0 atom stereocenters. The van der Waals surface area contributed by atoms with Gasteiger partial charge in [-0.1, -0.05) is 12.1 Å². The Bertz CT molecular complexity index is 530. The minimum atomic E-state index is -3.33. The lowest BCUT2D eigenvalue weighted by atomic mass is 10.2. The third-order valence-corrected chi connectivity index (χ3v) is 4.42. The molecule has 17 heavy (non-hydrogen) atoms. The van der Waals surface area contributed by atoms with Crippen molar-refractivity contribution in [2.24, 2.45) is 0 Å². The van der Waals surface area contributed by atoms with Crippen LogP contribution in [0.25, 0.3) is 0 Å². The van der Waals surface area contributed by atoms with Crippen LogP contribution in [0.3, 0.4) is 0 Å². The second-order valence-electron chi connectivity index (χ2n) is 3.92. The fourth-order valence-corrected chi connectivity index (χ4v) is 3.12. The number of nitrogens with two attached hydrogens (primary N) is 1. The minimum Gasteiger partial charge on any atom is -0.397 e. The summed E-state index contributed by atoms with van der Waals surface area (Å²) in [5.41, 5.74) is 6.86. The molecule has 1 rings (SSSR count). The Morgan fingerprint density at radius 2 is 2.06 bits per heavy atom. The van der Waals surface area contributed by atoms with E-state index in [4.69, 9.17) is 11.0 Å². The van der Waals surface area contributed by atoms with Gasteiger partial charge in [-0.2, -0.15) is 5.26 Å². The van der Waals surface area contributed by atoms with Crippen molar-refractivity contribution in [1.29, 1.82) is 5.26 Å². The molecule has 92 valence electrons. The van der Waals surface area contributed by atoms with Crippen molar-refractivity contribution in [2.45, 2.75) is 31.1 Å². The molecular formula is C12H16N2O2S. The van der Waals surface area contributed by atoms with Crippen LogP contribution in [-0.2, 0) is 9.84 Å². The van der Waals surface area contributed by atoms with Gasteiger partial charge in [-0.15, -0.1) is 0 Å². The highest BCUT2D eigenvalue weighted by atomic mass is 32.2. The fraction of sp³-hybridized carbons (Fsp3) is 0.417. The number of unbranched alkanes of at least 4 members (excludes halogenated alkanes) is 2. The second kappa shape index (κ2) is 5.69. The van der Waals surface area contributed by atoms with E-state index in [1.807, 2.05) is 6.07 Å². The van der Waals surface area contributed by atoms with Crippen molar-refractivity contribution in [3.8, 4) is 6.07 Å². The van der Waals surface area contributed by atoms with Gasteiger partial charge >= 0.3 is 0 Å². The van der Waals surface area contributed by atoms with Gasteiger partial charge < -0.3 is 5.73 Å². The lowest BCUT2D eigenvalue weighted by Crippen LogP contribution is -2.10. The highest BCUT2D eigenvalue weighted by molar-refractivity contribution is 7.91. The SMILES string of the molecule is Cc1cccc(S(=O)(=O)CCCCC#N)c1N. The molecule has 0 aliphatic rings. The molecule has 0 fully saturated rings. The number of hydrogen-bond donors (Lipinski definition) is 1. The summed E-state index contributed by atoms with van der Waals surface area (Å²) in [5, 5.41) is 8.37. The van der Waals surface area contributed by atoms with Crippen LogP contribution in [0.5, 0.6) is 0 Å². The summed E-state index contributed by atoms with van der Waals surface area (Å²) in [6.07, 6.45) is 1.48. The minimum absolute atomic E-state index is 0.0440. The van der Waals surface area contributed by atoms with Crippen LogP contribution >= 0.6 is 0 Å². The van der Waals surface area contributed by atoms with E-state index in [1.165, 1.54) is 6.07 Å². The third kappa shape index (κ3) is 3.46. The number of hydrogen-bond acceptors (Lipinski definition) is 4. The molecule has 0 unspecified atom stereocenters. The monoisotopic (exact) mass is 252 g/mol. The Morgan fingerprint density at radius 1 is 1.35 bits per heavy atom. The van der Waals surface area contributed by atoms with E-state index in [0.717, 1.165) is 5.56 Å². The third-order valence-electron chi connectivity index (χ3n) is 2.57. The predicted octanol–water partition coefficient (Wildman–Crippen LogP) is 2.04. The standard InChI is InChI=1S/C12H16N2O2S/c1-10-6-5-7-11(12(10)14)17(15,16)9-4-2-3-8-13/h5-7H,2-4,9,14H2,1H3. The second-order valence-corrected chi connectivity index (χ2v) is 6.00. The summed E-state index contributed by atoms with van der Waals surface area (Å²) in [5.74, 6) is 0.0440. The van der Waals surface area contributed by atoms with Crippen LogP contribution in [0, 0.1) is 18.3 Å². The molecule has 0 saturated carbocycles. The Labute approximate surface area is 102 Å². The average molecular weight is 252 g/mol. The number of anilines is 1. The first-order valence-electron chi connectivity index (χ1n) is 5.44. The molecule has 1 aromatic carbocycles. The smallest absolute Gasteiger partial charge is 0.180 e. The van der Waals surface area contributed by atoms with Gasteiger partial charge in [0, 0.05) is 6.42 Å². The number of sulfone groups is 1. The molecular weight excluding hydrogens is 236 g/mol. The first-order chi connectivity index (χ1) is 7.99. The number of nitrogen functional groups attached to an aromatic ring is 1. The van der Waals surface area contributed by atoms with Crippen molar-refractivity contribution < 1.29 is 8.42 Å². The highest BCUT2D eigenvalue weighted by Gasteiger charge is 2.17.